The standard InChI is InChI=1S/C16H17NO3/c1-2-5-14(16(19)20)17-15(18)13-9-8-11-6-3-4-7-12(11)10-13/h1,3-4,6-7,13-14H,5,8-10H2,(H,17,18)(H,19,20). The minimum atomic E-state index is -1.09. The molecular formula is C16H17NO3. The van der Waals surface area contributed by atoms with Gasteiger partial charge in [0.1, 0.15) is 6.04 Å². The Morgan fingerprint density at radius 3 is 2.75 bits per heavy atom. The van der Waals surface area contributed by atoms with Crippen LogP contribution in [0.1, 0.15) is 24.0 Å². The molecule has 0 spiro atoms. The number of hydrogen-bond donors (Lipinski definition) is 2. The van der Waals surface area contributed by atoms with Gasteiger partial charge in [0, 0.05) is 12.3 Å². The molecule has 0 saturated carbocycles. The molecule has 1 aromatic rings. The molecule has 0 bridgehead atoms. The average molecular weight is 271 g/mol. The van der Waals surface area contributed by atoms with Gasteiger partial charge in [0.2, 0.25) is 5.91 Å². The summed E-state index contributed by atoms with van der Waals surface area (Å²) in [6, 6.07) is 7.04. The monoisotopic (exact) mass is 271 g/mol. The molecule has 0 radical (unpaired) electrons. The van der Waals surface area contributed by atoms with E-state index in [1.165, 1.54) is 11.1 Å². The van der Waals surface area contributed by atoms with E-state index in [4.69, 9.17) is 11.5 Å². The molecule has 2 atom stereocenters. The Labute approximate surface area is 118 Å². The highest BCUT2D eigenvalue weighted by atomic mass is 16.4. The van der Waals surface area contributed by atoms with Crippen molar-refractivity contribution in [2.45, 2.75) is 31.7 Å². The van der Waals surface area contributed by atoms with Crippen molar-refractivity contribution in [1.82, 2.24) is 5.32 Å². The molecule has 2 N–H and O–H groups in total. The Bertz CT molecular complexity index is 559. The third kappa shape index (κ3) is 3.18. The van der Waals surface area contributed by atoms with Crippen LogP contribution < -0.4 is 5.32 Å². The van der Waals surface area contributed by atoms with E-state index in [9.17, 15) is 9.59 Å². The van der Waals surface area contributed by atoms with E-state index in [1.807, 2.05) is 18.2 Å². The van der Waals surface area contributed by atoms with Gasteiger partial charge in [0.05, 0.1) is 0 Å². The number of fused-ring (bicyclic) bond motifs is 1. The number of aliphatic carboxylic acids is 1. The lowest BCUT2D eigenvalue weighted by Gasteiger charge is -2.25. The molecule has 2 rings (SSSR count). The first-order valence-corrected chi connectivity index (χ1v) is 6.65. The van der Waals surface area contributed by atoms with E-state index in [2.05, 4.69) is 17.3 Å². The number of carbonyl (C=O) groups excluding carboxylic acids is 1. The number of nitrogens with one attached hydrogen (secondary N) is 1. The maximum Gasteiger partial charge on any atom is 0.327 e. The van der Waals surface area contributed by atoms with Crippen LogP contribution >= 0.6 is 0 Å². The molecule has 0 heterocycles. The zero-order valence-electron chi connectivity index (χ0n) is 11.1. The van der Waals surface area contributed by atoms with Gasteiger partial charge in [-0.1, -0.05) is 24.3 Å². The molecule has 2 unspecified atom stereocenters. The number of rotatable bonds is 4. The normalized spacial score (nSPS) is 18.4. The van der Waals surface area contributed by atoms with Crippen LogP contribution in [0.15, 0.2) is 24.3 Å². The lowest BCUT2D eigenvalue weighted by molar-refractivity contribution is -0.142. The van der Waals surface area contributed by atoms with Gasteiger partial charge in [0.25, 0.3) is 0 Å². The zero-order valence-corrected chi connectivity index (χ0v) is 11.1. The van der Waals surface area contributed by atoms with Crippen LogP contribution in [0.2, 0.25) is 0 Å². The Kier molecular flexibility index (Phi) is 4.41. The van der Waals surface area contributed by atoms with Crippen LogP contribution in [0.25, 0.3) is 0 Å². The van der Waals surface area contributed by atoms with Crippen molar-refractivity contribution in [3.63, 3.8) is 0 Å². The van der Waals surface area contributed by atoms with Crippen molar-refractivity contribution in [3.05, 3.63) is 35.4 Å². The fourth-order valence-electron chi connectivity index (χ4n) is 2.53. The van der Waals surface area contributed by atoms with Gasteiger partial charge in [-0.2, -0.15) is 0 Å². The van der Waals surface area contributed by atoms with Crippen molar-refractivity contribution in [1.29, 1.82) is 0 Å². The smallest absolute Gasteiger partial charge is 0.327 e. The Balaban J connectivity index is 2.01. The van der Waals surface area contributed by atoms with Crippen LogP contribution in [-0.2, 0) is 22.4 Å². The van der Waals surface area contributed by atoms with E-state index in [0.29, 0.717) is 6.42 Å². The summed E-state index contributed by atoms with van der Waals surface area (Å²) in [7, 11) is 0. The minimum Gasteiger partial charge on any atom is -0.480 e. The van der Waals surface area contributed by atoms with Gasteiger partial charge in [-0.3, -0.25) is 4.79 Å². The summed E-state index contributed by atoms with van der Waals surface area (Å²) in [5.41, 5.74) is 2.44. The third-order valence-corrected chi connectivity index (χ3v) is 3.65. The molecule has 4 heteroatoms. The highest BCUT2D eigenvalue weighted by Gasteiger charge is 2.27. The first kappa shape index (κ1) is 14.1. The minimum absolute atomic E-state index is 0.00435. The van der Waals surface area contributed by atoms with Gasteiger partial charge in [-0.25, -0.2) is 4.79 Å². The quantitative estimate of drug-likeness (QED) is 0.813. The van der Waals surface area contributed by atoms with Crippen molar-refractivity contribution >= 4 is 11.9 Å². The summed E-state index contributed by atoms with van der Waals surface area (Å²) < 4.78 is 0. The predicted molar refractivity (Wildman–Crippen MR) is 75.0 cm³/mol. The molecule has 1 aliphatic rings. The Hall–Kier alpha value is -2.28. The fourth-order valence-corrected chi connectivity index (χ4v) is 2.53. The van der Waals surface area contributed by atoms with Crippen molar-refractivity contribution < 1.29 is 14.7 Å². The second kappa shape index (κ2) is 6.25. The maximum absolute atomic E-state index is 12.2. The number of carbonyl (C=O) groups is 2. The molecule has 0 fully saturated rings. The van der Waals surface area contributed by atoms with Crippen LogP contribution in [0.5, 0.6) is 0 Å². The van der Waals surface area contributed by atoms with Crippen LogP contribution in [-0.4, -0.2) is 23.0 Å². The number of aryl methyl sites for hydroxylation is 1. The van der Waals surface area contributed by atoms with Crippen molar-refractivity contribution in [3.8, 4) is 12.3 Å². The first-order chi connectivity index (χ1) is 9.61. The zero-order chi connectivity index (χ0) is 14.5. The number of benzene rings is 1. The van der Waals surface area contributed by atoms with Gasteiger partial charge >= 0.3 is 5.97 Å². The van der Waals surface area contributed by atoms with Gasteiger partial charge in [0.15, 0.2) is 0 Å². The molecule has 4 nitrogen and oxygen atoms in total. The molecular weight excluding hydrogens is 254 g/mol. The summed E-state index contributed by atoms with van der Waals surface area (Å²) in [6.07, 6.45) is 7.37. The van der Waals surface area contributed by atoms with Crippen molar-refractivity contribution in [2.75, 3.05) is 0 Å². The van der Waals surface area contributed by atoms with Crippen molar-refractivity contribution in [2.24, 2.45) is 5.92 Å². The SMILES string of the molecule is C#CCC(NC(=O)C1CCc2ccccc2C1)C(=O)O. The lowest BCUT2D eigenvalue weighted by Crippen LogP contribution is -2.44. The molecule has 1 aliphatic carbocycles. The molecule has 0 saturated heterocycles. The van der Waals surface area contributed by atoms with Crippen LogP contribution in [0.4, 0.5) is 0 Å². The molecule has 1 amide bonds. The van der Waals surface area contributed by atoms with Gasteiger partial charge < -0.3 is 10.4 Å². The lowest BCUT2D eigenvalue weighted by atomic mass is 9.83. The number of amides is 1. The molecule has 20 heavy (non-hydrogen) atoms. The van der Waals surface area contributed by atoms with E-state index in [-0.39, 0.29) is 18.2 Å². The highest BCUT2D eigenvalue weighted by molar-refractivity contribution is 5.85. The molecule has 0 aromatic heterocycles. The molecule has 104 valence electrons. The average Bonchev–Trinajstić information content (AvgIpc) is 2.46. The number of carboxylic acids is 1. The Morgan fingerprint density at radius 2 is 2.10 bits per heavy atom. The third-order valence-electron chi connectivity index (χ3n) is 3.65. The highest BCUT2D eigenvalue weighted by Crippen LogP contribution is 2.25. The molecule has 0 aliphatic heterocycles. The first-order valence-electron chi connectivity index (χ1n) is 6.65. The summed E-state index contributed by atoms with van der Waals surface area (Å²) in [5, 5.41) is 11.5. The fraction of sp³-hybridized carbons (Fsp3) is 0.375. The number of carboxylic acid groups (broad SMARTS) is 1. The predicted octanol–water partition coefficient (Wildman–Crippen LogP) is 1.38. The number of terminal acetylenes is 1. The second-order valence-electron chi connectivity index (χ2n) is 5.02. The Morgan fingerprint density at radius 1 is 1.40 bits per heavy atom. The summed E-state index contributed by atoms with van der Waals surface area (Å²) in [4.78, 5) is 23.2. The molecule has 1 aromatic carbocycles. The van der Waals surface area contributed by atoms with Crippen LogP contribution in [0.3, 0.4) is 0 Å². The summed E-state index contributed by atoms with van der Waals surface area (Å²) >= 11 is 0. The second-order valence-corrected chi connectivity index (χ2v) is 5.02. The maximum atomic E-state index is 12.2. The van der Waals surface area contributed by atoms with Gasteiger partial charge in [-0.15, -0.1) is 12.3 Å². The van der Waals surface area contributed by atoms with Gasteiger partial charge in [-0.05, 0) is 30.4 Å². The number of hydrogen-bond acceptors (Lipinski definition) is 2. The summed E-state index contributed by atoms with van der Waals surface area (Å²) in [6.45, 7) is 0. The van der Waals surface area contributed by atoms with E-state index in [1.54, 1.807) is 0 Å². The van der Waals surface area contributed by atoms with Crippen LogP contribution in [0, 0.1) is 18.3 Å². The van der Waals surface area contributed by atoms with E-state index < -0.39 is 12.0 Å². The summed E-state index contributed by atoms with van der Waals surface area (Å²) in [5.74, 6) is 0.791. The van der Waals surface area contributed by atoms with E-state index >= 15 is 0 Å². The van der Waals surface area contributed by atoms with E-state index in [0.717, 1.165) is 12.8 Å². The topological polar surface area (TPSA) is 66.4 Å². The largest absolute Gasteiger partial charge is 0.480 e.